The third-order valence-corrected chi connectivity index (χ3v) is 7.28. The molecule has 1 aliphatic carbocycles. The van der Waals surface area contributed by atoms with Crippen LogP contribution in [0.15, 0.2) is 0 Å². The third kappa shape index (κ3) is 2.14. The molecule has 0 radical (unpaired) electrons. The highest BCUT2D eigenvalue weighted by molar-refractivity contribution is 5.18. The van der Waals surface area contributed by atoms with Gasteiger partial charge in [-0.25, -0.2) is 0 Å². The summed E-state index contributed by atoms with van der Waals surface area (Å²) in [6.07, 6.45) is 1.37. The molecule has 0 saturated heterocycles. The second-order valence-electron chi connectivity index (χ2n) is 8.85. The van der Waals surface area contributed by atoms with Crippen molar-refractivity contribution < 1.29 is 0 Å². The van der Waals surface area contributed by atoms with E-state index in [9.17, 15) is 0 Å². The van der Waals surface area contributed by atoms with Gasteiger partial charge in [0.15, 0.2) is 0 Å². The lowest BCUT2D eigenvalue weighted by Crippen LogP contribution is -2.26. The van der Waals surface area contributed by atoms with Crippen LogP contribution in [0.3, 0.4) is 0 Å². The third-order valence-electron chi connectivity index (χ3n) is 7.28. The number of hydrogen-bond donors (Lipinski definition) is 0. The van der Waals surface area contributed by atoms with E-state index < -0.39 is 0 Å². The van der Waals surface area contributed by atoms with Crippen molar-refractivity contribution in [3.63, 3.8) is 0 Å². The minimum atomic E-state index is 0.441. The Morgan fingerprint density at radius 1 is 0.944 bits per heavy atom. The first-order chi connectivity index (χ1) is 7.90. The quantitative estimate of drug-likeness (QED) is 0.574. The Bertz CT molecular complexity index is 296. The van der Waals surface area contributed by atoms with Gasteiger partial charge in [-0.1, -0.05) is 69.2 Å². The van der Waals surface area contributed by atoms with E-state index in [0.717, 1.165) is 23.7 Å². The molecule has 0 aromatic carbocycles. The van der Waals surface area contributed by atoms with Crippen LogP contribution in [0.2, 0.25) is 0 Å². The summed E-state index contributed by atoms with van der Waals surface area (Å²) in [5, 5.41) is 0. The molecule has 1 aliphatic rings. The molecule has 18 heavy (non-hydrogen) atoms. The van der Waals surface area contributed by atoms with E-state index in [0.29, 0.717) is 16.2 Å². The van der Waals surface area contributed by atoms with Crippen molar-refractivity contribution in [1.82, 2.24) is 0 Å². The maximum absolute atomic E-state index is 2.54. The van der Waals surface area contributed by atoms with E-state index in [1.54, 1.807) is 0 Å². The van der Waals surface area contributed by atoms with E-state index in [4.69, 9.17) is 0 Å². The van der Waals surface area contributed by atoms with Crippen molar-refractivity contribution in [3.8, 4) is 0 Å². The monoisotopic (exact) mass is 252 g/mol. The van der Waals surface area contributed by atoms with Gasteiger partial charge in [0.2, 0.25) is 0 Å². The molecule has 0 aliphatic heterocycles. The summed E-state index contributed by atoms with van der Waals surface area (Å²) in [7, 11) is 0. The summed E-state index contributed by atoms with van der Waals surface area (Å²) in [5.41, 5.74) is 1.53. The number of hydrogen-bond acceptors (Lipinski definition) is 0. The van der Waals surface area contributed by atoms with Crippen LogP contribution >= 0.6 is 0 Å². The van der Waals surface area contributed by atoms with E-state index >= 15 is 0 Å². The van der Waals surface area contributed by atoms with Crippen LogP contribution in [0.1, 0.15) is 75.7 Å². The predicted molar refractivity (Wildman–Crippen MR) is 82.6 cm³/mol. The van der Waals surface area contributed by atoms with Gasteiger partial charge in [0.05, 0.1) is 0 Å². The van der Waals surface area contributed by atoms with Gasteiger partial charge in [-0.3, -0.25) is 0 Å². The predicted octanol–water partition coefficient (Wildman–Crippen LogP) is 6.01. The van der Waals surface area contributed by atoms with Crippen LogP contribution < -0.4 is 0 Å². The van der Waals surface area contributed by atoms with Crippen LogP contribution in [-0.4, -0.2) is 0 Å². The lowest BCUT2D eigenvalue weighted by atomic mass is 9.71. The molecule has 0 heteroatoms. The fraction of sp³-hybridized carbons (Fsp3) is 1.00. The summed E-state index contributed by atoms with van der Waals surface area (Å²) < 4.78 is 0. The molecule has 1 rings (SSSR count). The van der Waals surface area contributed by atoms with Gasteiger partial charge < -0.3 is 0 Å². The minimum absolute atomic E-state index is 0.441. The lowest BCUT2D eigenvalue weighted by Gasteiger charge is -2.34. The van der Waals surface area contributed by atoms with Gasteiger partial charge in [-0.15, -0.1) is 0 Å². The first kappa shape index (κ1) is 16.1. The fourth-order valence-electron chi connectivity index (χ4n) is 4.33. The van der Waals surface area contributed by atoms with Crippen LogP contribution in [-0.2, 0) is 0 Å². The zero-order chi connectivity index (χ0) is 14.5. The number of rotatable bonds is 4. The Kier molecular flexibility index (Phi) is 4.04. The minimum Gasteiger partial charge on any atom is -0.0622 e. The average Bonchev–Trinajstić information content (AvgIpc) is 2.66. The van der Waals surface area contributed by atoms with Gasteiger partial charge in [0.1, 0.15) is 0 Å². The van der Waals surface area contributed by atoms with Crippen LogP contribution in [0.25, 0.3) is 0 Å². The van der Waals surface area contributed by atoms with E-state index in [2.05, 4.69) is 69.2 Å². The van der Waals surface area contributed by atoms with Crippen LogP contribution in [0.4, 0.5) is 0 Å². The molecule has 0 heterocycles. The topological polar surface area (TPSA) is 0 Å². The standard InChI is InChI=1S/C18H36/c1-12(2)17(9)15(5)18(17,10)14(4)11-13(3)16(6,7)8/h12-15H,11H2,1-10H3. The summed E-state index contributed by atoms with van der Waals surface area (Å²) in [6.45, 7) is 24.4. The fourth-order valence-corrected chi connectivity index (χ4v) is 4.33. The summed E-state index contributed by atoms with van der Waals surface area (Å²) >= 11 is 0. The molecule has 0 N–H and O–H groups in total. The highest BCUT2D eigenvalue weighted by atomic mass is 14.7. The second kappa shape index (κ2) is 4.53. The van der Waals surface area contributed by atoms with Crippen LogP contribution in [0, 0.1) is 39.9 Å². The summed E-state index contributed by atoms with van der Waals surface area (Å²) in [6, 6.07) is 0. The molecule has 1 saturated carbocycles. The highest BCUT2D eigenvalue weighted by Crippen LogP contribution is 2.76. The lowest BCUT2D eigenvalue weighted by molar-refractivity contribution is 0.151. The molecule has 0 bridgehead atoms. The van der Waals surface area contributed by atoms with Crippen LogP contribution in [0.5, 0.6) is 0 Å². The Morgan fingerprint density at radius 3 is 1.67 bits per heavy atom. The molecule has 0 nitrogen and oxygen atoms in total. The van der Waals surface area contributed by atoms with Gasteiger partial charge in [-0.05, 0) is 46.3 Å². The maximum atomic E-state index is 2.54. The first-order valence-electron chi connectivity index (χ1n) is 7.90. The molecule has 0 aromatic heterocycles. The molecule has 5 atom stereocenters. The van der Waals surface area contributed by atoms with E-state index in [-0.39, 0.29) is 0 Å². The van der Waals surface area contributed by atoms with Gasteiger partial charge in [0, 0.05) is 0 Å². The molecule has 0 spiro atoms. The smallest absolute Gasteiger partial charge is 0.0210 e. The Labute approximate surface area is 116 Å². The summed E-state index contributed by atoms with van der Waals surface area (Å²) in [4.78, 5) is 0. The van der Waals surface area contributed by atoms with E-state index in [1.165, 1.54) is 6.42 Å². The van der Waals surface area contributed by atoms with Crippen molar-refractivity contribution >= 4 is 0 Å². The average molecular weight is 252 g/mol. The molecule has 108 valence electrons. The Hall–Kier alpha value is 0. The van der Waals surface area contributed by atoms with Gasteiger partial charge in [0.25, 0.3) is 0 Å². The van der Waals surface area contributed by atoms with Crippen molar-refractivity contribution in [3.05, 3.63) is 0 Å². The SMILES string of the molecule is CC(CC(C)C1(C)C(C)C1(C)C(C)C)C(C)(C)C. The largest absolute Gasteiger partial charge is 0.0622 e. The second-order valence-corrected chi connectivity index (χ2v) is 8.85. The highest BCUT2D eigenvalue weighted by Gasteiger charge is 2.70. The molecular formula is C18H36. The Morgan fingerprint density at radius 2 is 1.39 bits per heavy atom. The van der Waals surface area contributed by atoms with E-state index in [1.807, 2.05) is 0 Å². The molecular weight excluding hydrogens is 216 g/mol. The first-order valence-corrected chi connectivity index (χ1v) is 7.90. The molecule has 0 aromatic rings. The molecule has 5 unspecified atom stereocenters. The molecule has 0 amide bonds. The van der Waals surface area contributed by atoms with Crippen molar-refractivity contribution in [1.29, 1.82) is 0 Å². The zero-order valence-corrected chi connectivity index (χ0v) is 14.5. The van der Waals surface area contributed by atoms with Gasteiger partial charge >= 0.3 is 0 Å². The molecule has 1 fully saturated rings. The van der Waals surface area contributed by atoms with Crippen molar-refractivity contribution in [2.45, 2.75) is 75.7 Å². The van der Waals surface area contributed by atoms with Crippen molar-refractivity contribution in [2.75, 3.05) is 0 Å². The maximum Gasteiger partial charge on any atom is -0.0210 e. The normalized spacial score (nSPS) is 39.8. The van der Waals surface area contributed by atoms with Crippen molar-refractivity contribution in [2.24, 2.45) is 39.9 Å². The Balaban J connectivity index is 2.78. The summed E-state index contributed by atoms with van der Waals surface area (Å²) in [5.74, 6) is 3.29. The van der Waals surface area contributed by atoms with Gasteiger partial charge in [-0.2, -0.15) is 0 Å². The zero-order valence-electron chi connectivity index (χ0n) is 14.5.